The molecule has 1 amide bonds. The minimum atomic E-state index is -0.362. The number of rotatable bonds is 12. The Kier molecular flexibility index (Phi) is 10.1. The zero-order valence-electron chi connectivity index (χ0n) is 23.7. The van der Waals surface area contributed by atoms with E-state index in [9.17, 15) is 4.79 Å². The maximum atomic E-state index is 13.6. The molecule has 6 heteroatoms. The molecule has 0 heterocycles. The highest BCUT2D eigenvalue weighted by Crippen LogP contribution is 2.38. The van der Waals surface area contributed by atoms with Crippen LogP contribution >= 0.6 is 11.6 Å². The van der Waals surface area contributed by atoms with E-state index in [1.807, 2.05) is 60.7 Å². The number of amides is 1. The van der Waals surface area contributed by atoms with Crippen molar-refractivity contribution in [1.29, 1.82) is 0 Å². The summed E-state index contributed by atoms with van der Waals surface area (Å²) in [7, 11) is 0. The molecule has 1 atom stereocenters. The number of halogens is 1. The van der Waals surface area contributed by atoms with Crippen LogP contribution in [0.1, 0.15) is 52.5 Å². The lowest BCUT2D eigenvalue weighted by molar-refractivity contribution is 0.0936. The van der Waals surface area contributed by atoms with Crippen LogP contribution in [0.3, 0.4) is 0 Å². The highest BCUT2D eigenvalue weighted by atomic mass is 35.5. The van der Waals surface area contributed by atoms with Crippen molar-refractivity contribution in [2.75, 3.05) is 18.8 Å². The molecular formula is C35H37ClN4O. The van der Waals surface area contributed by atoms with Gasteiger partial charge in [-0.05, 0) is 72.2 Å². The molecule has 5 nitrogen and oxygen atoms in total. The van der Waals surface area contributed by atoms with Crippen LogP contribution in [0, 0.1) is 0 Å². The zero-order valence-corrected chi connectivity index (χ0v) is 24.5. The van der Waals surface area contributed by atoms with Gasteiger partial charge in [0.1, 0.15) is 0 Å². The predicted molar refractivity (Wildman–Crippen MR) is 174 cm³/mol. The van der Waals surface area contributed by atoms with Gasteiger partial charge in [0.15, 0.2) is 0 Å². The van der Waals surface area contributed by atoms with Crippen molar-refractivity contribution in [3.8, 4) is 11.1 Å². The van der Waals surface area contributed by atoms with Gasteiger partial charge in [-0.25, -0.2) is 0 Å². The van der Waals surface area contributed by atoms with Gasteiger partial charge in [-0.15, -0.1) is 0 Å². The second-order valence-corrected chi connectivity index (χ2v) is 10.3. The van der Waals surface area contributed by atoms with E-state index in [-0.39, 0.29) is 11.9 Å². The van der Waals surface area contributed by atoms with Crippen LogP contribution in [0.5, 0.6) is 0 Å². The Bertz CT molecular complexity index is 1510. The average Bonchev–Trinajstić information content (AvgIpc) is 3.01. The number of hydrogen-bond donors (Lipinski definition) is 2. The SMILES string of the molecule is C=Cc1c(Cl)cc(CC(NC(=O)c2ccc(-c3ccccc3)cc2)c2cccc(CN(CC)CC)c2)c(N)c1N=C. The molecule has 0 fully saturated rings. The fraction of sp³-hybridized carbons (Fsp3) is 0.200. The molecule has 210 valence electrons. The summed E-state index contributed by atoms with van der Waals surface area (Å²) in [6, 6.07) is 27.6. The maximum absolute atomic E-state index is 13.6. The summed E-state index contributed by atoms with van der Waals surface area (Å²) in [4.78, 5) is 20.1. The van der Waals surface area contributed by atoms with Crippen molar-refractivity contribution in [2.45, 2.75) is 32.9 Å². The molecule has 0 saturated carbocycles. The number of carbonyl (C=O) groups is 1. The summed E-state index contributed by atoms with van der Waals surface area (Å²) in [5.41, 5.74) is 13.8. The van der Waals surface area contributed by atoms with Gasteiger partial charge < -0.3 is 11.1 Å². The third-order valence-electron chi connectivity index (χ3n) is 7.41. The Morgan fingerprint density at radius 2 is 1.68 bits per heavy atom. The van der Waals surface area contributed by atoms with E-state index in [2.05, 4.69) is 66.6 Å². The summed E-state index contributed by atoms with van der Waals surface area (Å²) < 4.78 is 0. The standard InChI is InChI=1S/C35H37ClN4O/c1-5-30-31(36)21-29(33(37)34(30)38-4)22-32(28-15-11-12-24(20-28)23-40(6-2)7-3)39-35(41)27-18-16-26(17-19-27)25-13-9-8-10-14-25/h5,8-21,32H,1,4,6-7,22-23,37H2,2-3H3,(H,39,41). The first-order chi connectivity index (χ1) is 19.9. The Morgan fingerprint density at radius 3 is 2.32 bits per heavy atom. The highest BCUT2D eigenvalue weighted by Gasteiger charge is 2.21. The minimum absolute atomic E-state index is 0.168. The quantitative estimate of drug-likeness (QED) is 0.135. The number of carbonyl (C=O) groups excluding carboxylic acids is 1. The molecule has 0 aliphatic carbocycles. The number of nitrogens with one attached hydrogen (secondary N) is 1. The van der Waals surface area contributed by atoms with Gasteiger partial charge in [0.25, 0.3) is 5.91 Å². The van der Waals surface area contributed by atoms with Gasteiger partial charge in [0.05, 0.1) is 22.4 Å². The van der Waals surface area contributed by atoms with Crippen molar-refractivity contribution in [2.24, 2.45) is 4.99 Å². The van der Waals surface area contributed by atoms with Crippen LogP contribution in [0.15, 0.2) is 96.5 Å². The van der Waals surface area contributed by atoms with E-state index in [0.29, 0.717) is 33.9 Å². The van der Waals surface area contributed by atoms with Crippen LogP contribution < -0.4 is 11.1 Å². The number of nitrogens with two attached hydrogens (primary N) is 1. The minimum Gasteiger partial charge on any atom is -0.397 e. The fourth-order valence-electron chi connectivity index (χ4n) is 5.02. The van der Waals surface area contributed by atoms with E-state index in [1.165, 1.54) is 5.56 Å². The summed E-state index contributed by atoms with van der Waals surface area (Å²) in [6.45, 7) is 14.6. The molecule has 4 aromatic carbocycles. The zero-order chi connectivity index (χ0) is 29.4. The Hall–Kier alpha value is -4.19. The molecular weight excluding hydrogens is 528 g/mol. The largest absolute Gasteiger partial charge is 0.397 e. The molecule has 4 aromatic rings. The van der Waals surface area contributed by atoms with Crippen molar-refractivity contribution in [3.05, 3.63) is 124 Å². The Labute approximate surface area is 248 Å². The third kappa shape index (κ3) is 7.12. The maximum Gasteiger partial charge on any atom is 0.251 e. The first-order valence-electron chi connectivity index (χ1n) is 13.9. The van der Waals surface area contributed by atoms with Gasteiger partial charge in [-0.3, -0.25) is 14.7 Å². The Balaban J connectivity index is 1.68. The molecule has 0 saturated heterocycles. The highest BCUT2D eigenvalue weighted by molar-refractivity contribution is 6.33. The van der Waals surface area contributed by atoms with E-state index < -0.39 is 0 Å². The van der Waals surface area contributed by atoms with E-state index >= 15 is 0 Å². The van der Waals surface area contributed by atoms with Crippen molar-refractivity contribution in [1.82, 2.24) is 10.2 Å². The van der Waals surface area contributed by atoms with Crippen LogP contribution in [0.25, 0.3) is 17.2 Å². The number of hydrogen-bond acceptors (Lipinski definition) is 4. The topological polar surface area (TPSA) is 70.7 Å². The fourth-order valence-corrected chi connectivity index (χ4v) is 5.32. The predicted octanol–water partition coefficient (Wildman–Crippen LogP) is 8.12. The van der Waals surface area contributed by atoms with Gasteiger partial charge in [0, 0.05) is 17.7 Å². The van der Waals surface area contributed by atoms with Crippen molar-refractivity contribution < 1.29 is 4.79 Å². The lowest BCUT2D eigenvalue weighted by Crippen LogP contribution is -2.30. The van der Waals surface area contributed by atoms with Gasteiger partial charge in [-0.2, -0.15) is 0 Å². The van der Waals surface area contributed by atoms with E-state index in [1.54, 1.807) is 6.08 Å². The number of aliphatic imine (C=N–C) groups is 1. The second-order valence-electron chi connectivity index (χ2n) is 9.94. The normalized spacial score (nSPS) is 11.7. The first kappa shape index (κ1) is 29.8. The first-order valence-corrected chi connectivity index (χ1v) is 14.2. The van der Waals surface area contributed by atoms with Crippen LogP contribution in [-0.4, -0.2) is 30.6 Å². The average molecular weight is 565 g/mol. The molecule has 41 heavy (non-hydrogen) atoms. The number of nitrogens with zero attached hydrogens (tertiary/aromatic N) is 2. The van der Waals surface area contributed by atoms with E-state index in [0.717, 1.165) is 41.9 Å². The lowest BCUT2D eigenvalue weighted by Gasteiger charge is -2.23. The van der Waals surface area contributed by atoms with Gasteiger partial charge in [-0.1, -0.05) is 105 Å². The van der Waals surface area contributed by atoms with Crippen molar-refractivity contribution >= 4 is 41.7 Å². The summed E-state index contributed by atoms with van der Waals surface area (Å²) in [5.74, 6) is -0.168. The summed E-state index contributed by atoms with van der Waals surface area (Å²) in [6.07, 6.45) is 2.05. The molecule has 3 N–H and O–H groups in total. The molecule has 4 rings (SSSR count). The second kappa shape index (κ2) is 13.9. The third-order valence-corrected chi connectivity index (χ3v) is 7.73. The van der Waals surface area contributed by atoms with Crippen LogP contribution in [0.4, 0.5) is 11.4 Å². The summed E-state index contributed by atoms with van der Waals surface area (Å²) in [5, 5.41) is 3.75. The number of benzene rings is 4. The number of nitrogen functional groups attached to an aromatic ring is 1. The Morgan fingerprint density at radius 1 is 1.00 bits per heavy atom. The molecule has 0 radical (unpaired) electrons. The van der Waals surface area contributed by atoms with Gasteiger partial charge >= 0.3 is 0 Å². The van der Waals surface area contributed by atoms with Crippen molar-refractivity contribution in [3.63, 3.8) is 0 Å². The summed E-state index contributed by atoms with van der Waals surface area (Å²) >= 11 is 6.59. The lowest BCUT2D eigenvalue weighted by atomic mass is 9.94. The molecule has 0 aliphatic heterocycles. The van der Waals surface area contributed by atoms with Crippen LogP contribution in [-0.2, 0) is 13.0 Å². The van der Waals surface area contributed by atoms with E-state index in [4.69, 9.17) is 17.3 Å². The molecule has 1 unspecified atom stereocenters. The molecule has 0 spiro atoms. The van der Waals surface area contributed by atoms with Gasteiger partial charge in [0.2, 0.25) is 0 Å². The smallest absolute Gasteiger partial charge is 0.251 e. The molecule has 0 aromatic heterocycles. The number of anilines is 1. The monoisotopic (exact) mass is 564 g/mol. The molecule has 0 aliphatic rings. The van der Waals surface area contributed by atoms with Crippen LogP contribution in [0.2, 0.25) is 5.02 Å². The molecule has 0 bridgehead atoms.